The second-order valence-corrected chi connectivity index (χ2v) is 4.80. The molecule has 2 aromatic carbocycles. The average molecular weight is 286 g/mol. The van der Waals surface area contributed by atoms with Crippen molar-refractivity contribution in [2.24, 2.45) is 0 Å². The lowest BCUT2D eigenvalue weighted by Gasteiger charge is -2.16. The number of hydrogen-bond donors (Lipinski definition) is 1. The Bertz CT molecular complexity index is 622. The molecule has 0 aliphatic rings. The minimum Gasteiger partial charge on any atom is -0.508 e. The molecular weight excluding hydrogens is 268 g/mol. The number of hydrogen-bond acceptors (Lipinski definition) is 4. The van der Waals surface area contributed by atoms with Gasteiger partial charge in [-0.3, -0.25) is 4.79 Å². The molecule has 21 heavy (non-hydrogen) atoms. The number of benzene rings is 2. The fraction of sp³-hybridized carbons (Fsp3) is 0.235. The highest BCUT2D eigenvalue weighted by molar-refractivity contribution is 5.78. The van der Waals surface area contributed by atoms with E-state index in [0.717, 1.165) is 11.1 Å². The predicted octanol–water partition coefficient (Wildman–Crippen LogP) is 3.04. The van der Waals surface area contributed by atoms with Gasteiger partial charge < -0.3 is 14.6 Å². The molecule has 0 heterocycles. The third kappa shape index (κ3) is 3.99. The summed E-state index contributed by atoms with van der Waals surface area (Å²) in [5.41, 5.74) is 1.92. The fourth-order valence-electron chi connectivity index (χ4n) is 2.08. The lowest BCUT2D eigenvalue weighted by atomic mass is 9.98. The zero-order valence-corrected chi connectivity index (χ0v) is 12.1. The van der Waals surface area contributed by atoms with Crippen molar-refractivity contribution in [3.63, 3.8) is 0 Å². The third-order valence-electron chi connectivity index (χ3n) is 3.16. The van der Waals surface area contributed by atoms with Gasteiger partial charge in [0.25, 0.3) is 0 Å². The van der Waals surface area contributed by atoms with E-state index in [9.17, 15) is 9.90 Å². The first kappa shape index (κ1) is 14.9. The molecule has 0 fully saturated rings. The minimum absolute atomic E-state index is 0.123. The van der Waals surface area contributed by atoms with Crippen molar-refractivity contribution in [2.75, 3.05) is 13.7 Å². The van der Waals surface area contributed by atoms with Crippen LogP contribution in [-0.2, 0) is 9.53 Å². The summed E-state index contributed by atoms with van der Waals surface area (Å²) in [5, 5.41) is 9.42. The summed E-state index contributed by atoms with van der Waals surface area (Å²) in [5.74, 6) is -0.216. The highest BCUT2D eigenvalue weighted by Crippen LogP contribution is 2.23. The Labute approximate surface area is 123 Å². The smallest absolute Gasteiger partial charge is 0.316 e. The van der Waals surface area contributed by atoms with Gasteiger partial charge in [0.15, 0.2) is 0 Å². The van der Waals surface area contributed by atoms with E-state index in [1.165, 1.54) is 13.2 Å². The summed E-state index contributed by atoms with van der Waals surface area (Å²) in [6.07, 6.45) is 0. The molecule has 2 aromatic rings. The molecule has 0 aromatic heterocycles. The molecule has 110 valence electrons. The van der Waals surface area contributed by atoms with Crippen molar-refractivity contribution in [3.05, 3.63) is 59.7 Å². The first-order valence-electron chi connectivity index (χ1n) is 6.66. The van der Waals surface area contributed by atoms with Gasteiger partial charge in [-0.25, -0.2) is 0 Å². The number of methoxy groups -OCH3 is 1. The van der Waals surface area contributed by atoms with Gasteiger partial charge in [0, 0.05) is 6.07 Å². The van der Waals surface area contributed by atoms with Gasteiger partial charge in [0.1, 0.15) is 24.0 Å². The summed E-state index contributed by atoms with van der Waals surface area (Å²) >= 11 is 0. The number of aromatic hydroxyl groups is 1. The molecule has 1 N–H and O–H groups in total. The number of ether oxygens (including phenoxy) is 2. The Balaban J connectivity index is 2.16. The van der Waals surface area contributed by atoms with Crippen LogP contribution in [0.15, 0.2) is 48.5 Å². The van der Waals surface area contributed by atoms with Gasteiger partial charge in [-0.15, -0.1) is 0 Å². The van der Waals surface area contributed by atoms with Crippen molar-refractivity contribution < 1.29 is 19.4 Å². The molecule has 4 nitrogen and oxygen atoms in total. The van der Waals surface area contributed by atoms with Gasteiger partial charge in [-0.05, 0) is 24.6 Å². The van der Waals surface area contributed by atoms with E-state index in [0.29, 0.717) is 5.75 Å². The summed E-state index contributed by atoms with van der Waals surface area (Å²) in [6.45, 7) is 2.12. The molecule has 2 rings (SSSR count). The minimum atomic E-state index is -0.503. The molecule has 0 saturated carbocycles. The fourth-order valence-corrected chi connectivity index (χ4v) is 2.08. The average Bonchev–Trinajstić information content (AvgIpc) is 2.47. The third-order valence-corrected chi connectivity index (χ3v) is 3.16. The first-order chi connectivity index (χ1) is 10.1. The number of carbonyl (C=O) groups is 1. The first-order valence-corrected chi connectivity index (χ1v) is 6.66. The van der Waals surface area contributed by atoms with Crippen molar-refractivity contribution in [1.82, 2.24) is 0 Å². The van der Waals surface area contributed by atoms with Crippen molar-refractivity contribution in [3.8, 4) is 11.5 Å². The summed E-state index contributed by atoms with van der Waals surface area (Å²) < 4.78 is 10.5. The molecular formula is C17H18O4. The maximum Gasteiger partial charge on any atom is 0.316 e. The highest BCUT2D eigenvalue weighted by atomic mass is 16.5. The number of rotatable bonds is 5. The van der Waals surface area contributed by atoms with Crippen LogP contribution in [0.25, 0.3) is 0 Å². The molecule has 0 amide bonds. The van der Waals surface area contributed by atoms with E-state index in [2.05, 4.69) is 0 Å². The maximum atomic E-state index is 12.0. The molecule has 1 unspecified atom stereocenters. The van der Waals surface area contributed by atoms with E-state index in [4.69, 9.17) is 9.47 Å². The highest BCUT2D eigenvalue weighted by Gasteiger charge is 2.22. The van der Waals surface area contributed by atoms with Gasteiger partial charge in [-0.1, -0.05) is 35.9 Å². The van der Waals surface area contributed by atoms with Gasteiger partial charge >= 0.3 is 5.97 Å². The molecule has 4 heteroatoms. The van der Waals surface area contributed by atoms with Gasteiger partial charge in [0.2, 0.25) is 0 Å². The van der Waals surface area contributed by atoms with E-state index in [-0.39, 0.29) is 18.3 Å². The zero-order chi connectivity index (χ0) is 15.2. The number of phenols is 1. The van der Waals surface area contributed by atoms with Crippen LogP contribution < -0.4 is 4.74 Å². The van der Waals surface area contributed by atoms with Crippen molar-refractivity contribution in [1.29, 1.82) is 0 Å². The Hall–Kier alpha value is -2.49. The quantitative estimate of drug-likeness (QED) is 0.858. The monoisotopic (exact) mass is 286 g/mol. The molecule has 0 spiro atoms. The predicted molar refractivity (Wildman–Crippen MR) is 79.5 cm³/mol. The summed E-state index contributed by atoms with van der Waals surface area (Å²) in [4.78, 5) is 12.0. The van der Waals surface area contributed by atoms with E-state index in [1.807, 2.05) is 31.2 Å². The number of aryl methyl sites for hydroxylation is 1. The van der Waals surface area contributed by atoms with Crippen LogP contribution in [0.2, 0.25) is 0 Å². The van der Waals surface area contributed by atoms with Crippen LogP contribution in [-0.4, -0.2) is 24.8 Å². The van der Waals surface area contributed by atoms with Crippen molar-refractivity contribution in [2.45, 2.75) is 12.8 Å². The SMILES string of the molecule is COC(=O)C(COc1cccc(O)c1)c1cccc(C)c1. The molecule has 1 atom stereocenters. The van der Waals surface area contributed by atoms with Gasteiger partial charge in [-0.2, -0.15) is 0 Å². The lowest BCUT2D eigenvalue weighted by Crippen LogP contribution is -2.21. The van der Waals surface area contributed by atoms with Crippen LogP contribution in [0.3, 0.4) is 0 Å². The Morgan fingerprint density at radius 3 is 2.62 bits per heavy atom. The lowest BCUT2D eigenvalue weighted by molar-refractivity contribution is -0.143. The standard InChI is InChI=1S/C17H18O4/c1-12-5-3-6-13(9-12)16(17(19)20-2)11-21-15-8-4-7-14(18)10-15/h3-10,16,18H,11H2,1-2H3. The largest absolute Gasteiger partial charge is 0.508 e. The van der Waals surface area contributed by atoms with Crippen LogP contribution in [0.5, 0.6) is 11.5 Å². The maximum absolute atomic E-state index is 12.0. The molecule has 0 saturated heterocycles. The number of carbonyl (C=O) groups excluding carboxylic acids is 1. The molecule has 0 radical (unpaired) electrons. The van der Waals surface area contributed by atoms with Crippen LogP contribution in [0.4, 0.5) is 0 Å². The molecule has 0 bridgehead atoms. The number of esters is 1. The molecule has 0 aliphatic heterocycles. The second kappa shape index (κ2) is 6.79. The van der Waals surface area contributed by atoms with Crippen LogP contribution in [0.1, 0.15) is 17.0 Å². The van der Waals surface area contributed by atoms with Crippen LogP contribution >= 0.6 is 0 Å². The number of phenolic OH excluding ortho intramolecular Hbond substituents is 1. The molecule has 0 aliphatic carbocycles. The van der Waals surface area contributed by atoms with Crippen LogP contribution in [0, 0.1) is 6.92 Å². The Kier molecular flexibility index (Phi) is 4.82. The Morgan fingerprint density at radius 2 is 1.95 bits per heavy atom. The summed E-state index contributed by atoms with van der Waals surface area (Å²) in [6, 6.07) is 14.2. The Morgan fingerprint density at radius 1 is 1.19 bits per heavy atom. The normalized spacial score (nSPS) is 11.7. The topological polar surface area (TPSA) is 55.8 Å². The van der Waals surface area contributed by atoms with E-state index < -0.39 is 5.92 Å². The van der Waals surface area contributed by atoms with E-state index >= 15 is 0 Å². The van der Waals surface area contributed by atoms with E-state index in [1.54, 1.807) is 18.2 Å². The zero-order valence-electron chi connectivity index (χ0n) is 12.1. The second-order valence-electron chi connectivity index (χ2n) is 4.80. The van der Waals surface area contributed by atoms with Crippen molar-refractivity contribution >= 4 is 5.97 Å². The van der Waals surface area contributed by atoms with Gasteiger partial charge in [0.05, 0.1) is 7.11 Å². The summed E-state index contributed by atoms with van der Waals surface area (Å²) in [7, 11) is 1.36.